The molecule has 1 aliphatic rings. The minimum Gasteiger partial charge on any atom is -0.495 e. The average Bonchev–Trinajstić information content (AvgIpc) is 2.93. The van der Waals surface area contributed by atoms with Crippen LogP contribution in [0.5, 0.6) is 5.75 Å². The van der Waals surface area contributed by atoms with Crippen LogP contribution in [0.2, 0.25) is 0 Å². The molecule has 1 heterocycles. The molecule has 1 amide bonds. The Kier molecular flexibility index (Phi) is 7.78. The first-order valence-electron chi connectivity index (χ1n) is 11.3. The van der Waals surface area contributed by atoms with E-state index < -0.39 is 43.5 Å². The Hall–Kier alpha value is -3.85. The van der Waals surface area contributed by atoms with Crippen LogP contribution in [0.3, 0.4) is 0 Å². The average molecular weight is 561 g/mol. The number of benzene rings is 3. The molecule has 0 aliphatic carbocycles. The number of hydrogen-bond donors (Lipinski definition) is 1. The number of nitro groups is 1. The summed E-state index contributed by atoms with van der Waals surface area (Å²) in [7, 11) is -6.95. The number of nitrogens with one attached hydrogen (secondary N) is 1. The largest absolute Gasteiger partial charge is 0.495 e. The molecule has 14 heteroatoms. The maximum Gasteiger partial charge on any atom is 0.271 e. The second-order valence-corrected chi connectivity index (χ2v) is 12.1. The molecular weight excluding hydrogens is 536 g/mol. The third-order valence-corrected chi connectivity index (χ3v) is 9.78. The molecule has 12 nitrogen and oxygen atoms in total. The summed E-state index contributed by atoms with van der Waals surface area (Å²) in [6, 6.07) is 17.1. The van der Waals surface area contributed by atoms with E-state index in [1.807, 2.05) is 0 Å². The fourth-order valence-electron chi connectivity index (χ4n) is 4.05. The summed E-state index contributed by atoms with van der Waals surface area (Å²) in [5, 5.41) is 13.8. The molecule has 1 atom stereocenters. The van der Waals surface area contributed by atoms with Gasteiger partial charge in [0.25, 0.3) is 5.69 Å². The van der Waals surface area contributed by atoms with Gasteiger partial charge in [0.1, 0.15) is 11.8 Å². The van der Waals surface area contributed by atoms with Gasteiger partial charge in [0.15, 0.2) is 0 Å². The van der Waals surface area contributed by atoms with Crippen LogP contribution >= 0.6 is 0 Å². The van der Waals surface area contributed by atoms with E-state index in [9.17, 15) is 31.7 Å². The van der Waals surface area contributed by atoms with Gasteiger partial charge in [-0.05, 0) is 30.3 Å². The van der Waals surface area contributed by atoms with Crippen LogP contribution < -0.4 is 10.1 Å². The highest BCUT2D eigenvalue weighted by Gasteiger charge is 2.43. The second kappa shape index (κ2) is 10.9. The second-order valence-electron chi connectivity index (χ2n) is 8.25. The summed E-state index contributed by atoms with van der Waals surface area (Å²) in [6.07, 6.45) is 0. The normalized spacial score (nSPS) is 17.0. The first-order chi connectivity index (χ1) is 18.1. The molecule has 3 aromatic carbocycles. The minimum absolute atomic E-state index is 0.00104. The van der Waals surface area contributed by atoms with Crippen molar-refractivity contribution >= 4 is 37.3 Å². The number of nitro benzene ring substituents is 1. The molecule has 0 spiro atoms. The summed E-state index contributed by atoms with van der Waals surface area (Å²) in [4.78, 5) is 24.1. The van der Waals surface area contributed by atoms with E-state index in [4.69, 9.17) is 4.74 Å². The van der Waals surface area contributed by atoms with Crippen molar-refractivity contribution in [1.82, 2.24) is 8.61 Å². The van der Waals surface area contributed by atoms with Crippen LogP contribution in [0, 0.1) is 10.1 Å². The molecule has 1 saturated heterocycles. The lowest BCUT2D eigenvalue weighted by atomic mass is 10.2. The van der Waals surface area contributed by atoms with Crippen molar-refractivity contribution in [2.45, 2.75) is 15.8 Å². The standard InChI is InChI=1S/C24H24N4O8S2/c1-36-23-13-12-18(28(30)31)16-21(23)25-24(29)22-17-26(37(32,33)19-8-4-2-5-9-19)14-15-27(22)38(34,35)20-10-6-3-7-11-20/h2-13,16,22H,14-15,17H2,1H3,(H,25,29)/t22-/m0/s1. The summed E-state index contributed by atoms with van der Waals surface area (Å²) in [6.45, 7) is -0.965. The summed E-state index contributed by atoms with van der Waals surface area (Å²) < 4.78 is 60.8. The summed E-state index contributed by atoms with van der Waals surface area (Å²) in [5.41, 5.74) is -0.390. The van der Waals surface area contributed by atoms with E-state index in [-0.39, 0.29) is 40.0 Å². The molecule has 0 bridgehead atoms. The molecule has 1 aliphatic heterocycles. The van der Waals surface area contributed by atoms with E-state index >= 15 is 0 Å². The van der Waals surface area contributed by atoms with Crippen LogP contribution in [0.15, 0.2) is 88.7 Å². The molecular formula is C24H24N4O8S2. The maximum atomic E-state index is 13.6. The van der Waals surface area contributed by atoms with Crippen LogP contribution in [0.1, 0.15) is 0 Å². The van der Waals surface area contributed by atoms with Crippen LogP contribution in [0.25, 0.3) is 0 Å². The number of rotatable bonds is 8. The van der Waals surface area contributed by atoms with Gasteiger partial charge in [0.2, 0.25) is 26.0 Å². The van der Waals surface area contributed by atoms with Gasteiger partial charge in [-0.1, -0.05) is 36.4 Å². The van der Waals surface area contributed by atoms with Crippen LogP contribution in [-0.2, 0) is 24.8 Å². The number of nitrogens with zero attached hydrogens (tertiary/aromatic N) is 3. The maximum absolute atomic E-state index is 13.6. The van der Waals surface area contributed by atoms with Crippen molar-refractivity contribution in [1.29, 1.82) is 0 Å². The van der Waals surface area contributed by atoms with E-state index in [2.05, 4.69) is 5.32 Å². The van der Waals surface area contributed by atoms with Gasteiger partial charge in [-0.3, -0.25) is 14.9 Å². The first kappa shape index (κ1) is 27.2. The Morgan fingerprint density at radius 2 is 1.50 bits per heavy atom. The van der Waals surface area contributed by atoms with Gasteiger partial charge in [-0.2, -0.15) is 8.61 Å². The van der Waals surface area contributed by atoms with Crippen molar-refractivity contribution in [3.05, 3.63) is 89.0 Å². The van der Waals surface area contributed by atoms with Crippen LogP contribution in [0.4, 0.5) is 11.4 Å². The number of anilines is 1. The topological polar surface area (TPSA) is 156 Å². The lowest BCUT2D eigenvalue weighted by Gasteiger charge is -2.39. The zero-order chi connectivity index (χ0) is 27.5. The predicted molar refractivity (Wildman–Crippen MR) is 138 cm³/mol. The van der Waals surface area contributed by atoms with E-state index in [1.54, 1.807) is 24.3 Å². The number of carbonyl (C=O) groups excluding carboxylic acids is 1. The zero-order valence-corrected chi connectivity index (χ0v) is 21.8. The molecule has 3 aromatic rings. The molecule has 0 radical (unpaired) electrons. The van der Waals surface area contributed by atoms with Crippen molar-refractivity contribution in [2.24, 2.45) is 0 Å². The monoisotopic (exact) mass is 560 g/mol. The number of sulfonamides is 2. The van der Waals surface area contributed by atoms with Crippen molar-refractivity contribution in [2.75, 3.05) is 32.1 Å². The van der Waals surface area contributed by atoms with Gasteiger partial charge >= 0.3 is 0 Å². The number of hydrogen-bond acceptors (Lipinski definition) is 8. The molecule has 0 aromatic heterocycles. The summed E-state index contributed by atoms with van der Waals surface area (Å²) in [5.74, 6) is -0.776. The lowest BCUT2D eigenvalue weighted by molar-refractivity contribution is -0.384. The van der Waals surface area contributed by atoms with E-state index in [0.29, 0.717) is 0 Å². The van der Waals surface area contributed by atoms with Crippen LogP contribution in [-0.4, -0.2) is 69.1 Å². The lowest BCUT2D eigenvalue weighted by Crippen LogP contribution is -2.60. The van der Waals surface area contributed by atoms with Crippen molar-refractivity contribution in [3.8, 4) is 5.75 Å². The molecule has 4 rings (SSSR count). The number of amides is 1. The third kappa shape index (κ3) is 5.38. The number of non-ortho nitro benzene ring substituents is 1. The highest BCUT2D eigenvalue weighted by atomic mass is 32.2. The molecule has 0 saturated carbocycles. The fourth-order valence-corrected chi connectivity index (χ4v) is 7.10. The molecule has 200 valence electrons. The van der Waals surface area contributed by atoms with E-state index in [1.165, 1.54) is 55.6 Å². The molecule has 1 fully saturated rings. The fraction of sp³-hybridized carbons (Fsp3) is 0.208. The number of piperazine rings is 1. The Balaban J connectivity index is 1.73. The molecule has 0 unspecified atom stereocenters. The first-order valence-corrected chi connectivity index (χ1v) is 14.2. The Bertz CT molecular complexity index is 1550. The Morgan fingerprint density at radius 1 is 0.921 bits per heavy atom. The number of ether oxygens (including phenoxy) is 1. The molecule has 38 heavy (non-hydrogen) atoms. The Labute approximate surface area is 219 Å². The highest BCUT2D eigenvalue weighted by Crippen LogP contribution is 2.31. The van der Waals surface area contributed by atoms with Gasteiger partial charge in [-0.25, -0.2) is 16.8 Å². The predicted octanol–water partition coefficient (Wildman–Crippen LogP) is 2.31. The van der Waals surface area contributed by atoms with Gasteiger partial charge in [0, 0.05) is 31.8 Å². The third-order valence-electron chi connectivity index (χ3n) is 5.98. The van der Waals surface area contributed by atoms with Gasteiger partial charge in [-0.15, -0.1) is 0 Å². The van der Waals surface area contributed by atoms with Crippen molar-refractivity contribution in [3.63, 3.8) is 0 Å². The summed E-state index contributed by atoms with van der Waals surface area (Å²) >= 11 is 0. The number of methoxy groups -OCH3 is 1. The zero-order valence-electron chi connectivity index (χ0n) is 20.1. The minimum atomic E-state index is -4.21. The quantitative estimate of drug-likeness (QED) is 0.325. The molecule has 1 N–H and O–H groups in total. The van der Waals surface area contributed by atoms with E-state index in [0.717, 1.165) is 14.7 Å². The smallest absolute Gasteiger partial charge is 0.271 e. The van der Waals surface area contributed by atoms with Gasteiger partial charge in [0.05, 0.1) is 27.5 Å². The Morgan fingerprint density at radius 3 is 2.05 bits per heavy atom. The SMILES string of the molecule is COc1ccc([N+](=O)[O-])cc1NC(=O)[C@@H]1CN(S(=O)(=O)c2ccccc2)CCN1S(=O)(=O)c1ccccc1. The van der Waals surface area contributed by atoms with Crippen molar-refractivity contribution < 1.29 is 31.3 Å². The van der Waals surface area contributed by atoms with Gasteiger partial charge < -0.3 is 10.1 Å². The number of carbonyl (C=O) groups is 1. The highest BCUT2D eigenvalue weighted by molar-refractivity contribution is 7.89.